The molecule has 0 aliphatic rings. The molecule has 0 N–H and O–H groups in total. The molecule has 58 heavy (non-hydrogen) atoms. The van der Waals surface area contributed by atoms with Crippen LogP contribution in [0.1, 0.15) is 278 Å². The first-order valence-corrected chi connectivity index (χ1v) is 25.3. The van der Waals surface area contributed by atoms with E-state index in [2.05, 4.69) is 25.2 Å². The van der Waals surface area contributed by atoms with Gasteiger partial charge in [0.05, 0.1) is 19.5 Å². The highest BCUT2D eigenvalue weighted by Crippen LogP contribution is 2.17. The van der Waals surface area contributed by atoms with Gasteiger partial charge in [0.2, 0.25) is 0 Å². The lowest BCUT2D eigenvalue weighted by Crippen LogP contribution is -2.06. The Morgan fingerprint density at radius 3 is 0.690 bits per heavy atom. The fraction of sp³-hybridized carbons (Fsp3) is 0.865. The van der Waals surface area contributed by atoms with E-state index in [9.17, 15) is 14.4 Å². The van der Waals surface area contributed by atoms with Gasteiger partial charge in [-0.15, -0.1) is 0 Å². The quantitative estimate of drug-likeness (QED) is 0.0200. The maximum absolute atomic E-state index is 11.9. The highest BCUT2D eigenvalue weighted by Gasteiger charge is 2.02. The predicted molar refractivity (Wildman–Crippen MR) is 249 cm³/mol. The van der Waals surface area contributed by atoms with E-state index < -0.39 is 11.9 Å². The van der Waals surface area contributed by atoms with E-state index in [1.165, 1.54) is 250 Å². The molecule has 0 fully saturated rings. The van der Waals surface area contributed by atoms with E-state index in [0.717, 1.165) is 31.9 Å². The Balaban J connectivity index is 0. The molecule has 0 atom stereocenters. The van der Waals surface area contributed by atoms with Crippen LogP contribution in [0.4, 0.5) is 0 Å². The van der Waals surface area contributed by atoms with Crippen LogP contribution < -0.4 is 0 Å². The smallest absolute Gasteiger partial charge is 0.331 e. The van der Waals surface area contributed by atoms with Crippen molar-refractivity contribution >= 4 is 17.9 Å². The van der Waals surface area contributed by atoms with Gasteiger partial charge in [-0.25, -0.2) is 9.59 Å². The minimum absolute atomic E-state index is 0.329. The molecule has 6 heteroatoms. The topological polar surface area (TPSA) is 78.9 Å². The summed E-state index contributed by atoms with van der Waals surface area (Å²) in [5, 5.41) is 0. The minimum atomic E-state index is -0.450. The summed E-state index contributed by atoms with van der Waals surface area (Å²) in [5.41, 5.74) is 0. The zero-order valence-electron chi connectivity index (χ0n) is 39.1. The Labute approximate surface area is 361 Å². The fourth-order valence-corrected chi connectivity index (χ4v) is 7.41. The van der Waals surface area contributed by atoms with Gasteiger partial charge in [0.1, 0.15) is 0 Å². The molecule has 0 bridgehead atoms. The molecule has 0 unspecified atom stereocenters. The van der Waals surface area contributed by atoms with Gasteiger partial charge in [0, 0.05) is 19.1 Å². The Morgan fingerprint density at radius 2 is 0.534 bits per heavy atom. The maximum atomic E-state index is 11.9. The molecule has 0 heterocycles. The van der Waals surface area contributed by atoms with Crippen molar-refractivity contribution < 1.29 is 28.6 Å². The number of carbonyl (C=O) groups excluding carboxylic acids is 3. The minimum Gasteiger partial charge on any atom is -0.463 e. The van der Waals surface area contributed by atoms with Crippen LogP contribution in [0, 0.1) is 0 Å². The van der Waals surface area contributed by atoms with Gasteiger partial charge in [-0.2, -0.15) is 0 Å². The van der Waals surface area contributed by atoms with Gasteiger partial charge in [0.25, 0.3) is 0 Å². The van der Waals surface area contributed by atoms with Crippen molar-refractivity contribution in [1.82, 2.24) is 0 Å². The van der Waals surface area contributed by atoms with Crippen molar-refractivity contribution in [3.05, 3.63) is 25.0 Å². The van der Waals surface area contributed by atoms with Crippen molar-refractivity contribution in [2.24, 2.45) is 0 Å². The summed E-state index contributed by atoms with van der Waals surface area (Å²) in [5.74, 6) is -1.23. The molecule has 0 rings (SSSR count). The Kier molecular flexibility index (Phi) is 52.9. The molecule has 0 amide bonds. The van der Waals surface area contributed by atoms with Gasteiger partial charge in [0.15, 0.2) is 0 Å². The van der Waals surface area contributed by atoms with Gasteiger partial charge in [-0.3, -0.25) is 4.79 Å². The molecular formula is C52H98O6. The fourth-order valence-electron chi connectivity index (χ4n) is 7.41. The van der Waals surface area contributed by atoms with Crippen molar-refractivity contribution in [3.63, 3.8) is 0 Å². The summed E-state index contributed by atoms with van der Waals surface area (Å²) in [6.45, 7) is 9.91. The van der Waals surface area contributed by atoms with Crippen LogP contribution in [0.15, 0.2) is 25.0 Å². The lowest BCUT2D eigenvalue weighted by atomic mass is 10.0. The van der Waals surface area contributed by atoms with Crippen LogP contribution in [-0.2, 0) is 28.6 Å². The number of esters is 3. The summed E-state index contributed by atoms with van der Waals surface area (Å²) < 4.78 is 14.7. The van der Waals surface area contributed by atoms with Crippen LogP contribution in [0.5, 0.6) is 0 Å². The third kappa shape index (κ3) is 56.0. The molecule has 0 saturated carbocycles. The lowest BCUT2D eigenvalue weighted by molar-refractivity contribution is -0.140. The molecular weight excluding hydrogens is 721 g/mol. The third-order valence-electron chi connectivity index (χ3n) is 11.1. The van der Waals surface area contributed by atoms with E-state index in [1.807, 2.05) is 0 Å². The average Bonchev–Trinajstić information content (AvgIpc) is 3.21. The lowest BCUT2D eigenvalue weighted by Gasteiger charge is -2.05. The third-order valence-corrected chi connectivity index (χ3v) is 11.1. The first-order chi connectivity index (χ1) is 28.5. The maximum Gasteiger partial charge on any atom is 0.331 e. The highest BCUT2D eigenvalue weighted by atomic mass is 16.5. The summed E-state index contributed by atoms with van der Waals surface area (Å²) in [6, 6.07) is 0. The standard InChI is InChI=1S/C48H92O4.C4H6O2/c1-3-5-7-9-11-13-15-17-19-21-23-25-27-29-31-33-35-37-39-41-45-51-47(49)43-44-48(50)52-46-42-40-38-36-34-32-30-28-26-24-22-20-18-16-14-12-10-8-6-4-2;1-3-6-4(2)5/h43-44H,3-42,45-46H2,1-2H3;3H,1H2,2H3/b44-43+;. The zero-order chi connectivity index (χ0) is 42.7. The molecule has 6 nitrogen and oxygen atoms in total. The van der Waals surface area contributed by atoms with Crippen LogP contribution in [-0.4, -0.2) is 31.1 Å². The Bertz CT molecular complexity index is 823. The van der Waals surface area contributed by atoms with Crippen LogP contribution in [0.2, 0.25) is 0 Å². The van der Waals surface area contributed by atoms with E-state index in [-0.39, 0.29) is 5.97 Å². The molecule has 0 aromatic heterocycles. The van der Waals surface area contributed by atoms with Crippen molar-refractivity contribution in [1.29, 1.82) is 0 Å². The SMILES string of the molecule is C=COC(C)=O.CCCCCCCCCCCCCCCCCCCCCCOC(=O)/C=C/C(=O)OCCCCCCCCCCCCCCCCCCCCCC. The number of unbranched alkanes of at least 4 members (excludes halogenated alkanes) is 38. The molecule has 0 aliphatic heterocycles. The summed E-state index contributed by atoms with van der Waals surface area (Å²) in [4.78, 5) is 33.5. The highest BCUT2D eigenvalue weighted by molar-refractivity contribution is 5.91. The van der Waals surface area contributed by atoms with E-state index in [1.54, 1.807) is 0 Å². The van der Waals surface area contributed by atoms with Crippen molar-refractivity contribution in [2.75, 3.05) is 13.2 Å². The first kappa shape index (κ1) is 58.0. The Hall–Kier alpha value is -2.11. The van der Waals surface area contributed by atoms with E-state index in [4.69, 9.17) is 9.47 Å². The number of hydrogen-bond donors (Lipinski definition) is 0. The first-order valence-electron chi connectivity index (χ1n) is 25.3. The predicted octanol–water partition coefficient (Wildman–Crippen LogP) is 17.0. The van der Waals surface area contributed by atoms with E-state index in [0.29, 0.717) is 13.2 Å². The summed E-state index contributed by atoms with van der Waals surface area (Å²) >= 11 is 0. The number of rotatable bonds is 45. The van der Waals surface area contributed by atoms with E-state index >= 15 is 0 Å². The normalized spacial score (nSPS) is 11.0. The van der Waals surface area contributed by atoms with Crippen molar-refractivity contribution in [3.8, 4) is 0 Å². The summed E-state index contributed by atoms with van der Waals surface area (Å²) in [7, 11) is 0. The second-order valence-corrected chi connectivity index (χ2v) is 16.9. The monoisotopic (exact) mass is 819 g/mol. The molecule has 0 aliphatic carbocycles. The van der Waals surface area contributed by atoms with Gasteiger partial charge < -0.3 is 14.2 Å². The molecule has 0 saturated heterocycles. The van der Waals surface area contributed by atoms with Crippen LogP contribution in [0.25, 0.3) is 0 Å². The molecule has 0 aromatic carbocycles. The summed E-state index contributed by atoms with van der Waals surface area (Å²) in [6.07, 6.45) is 57.6. The van der Waals surface area contributed by atoms with Gasteiger partial charge in [-0.05, 0) is 12.8 Å². The zero-order valence-corrected chi connectivity index (χ0v) is 39.1. The second-order valence-electron chi connectivity index (χ2n) is 16.9. The van der Waals surface area contributed by atoms with Crippen molar-refractivity contribution in [2.45, 2.75) is 278 Å². The van der Waals surface area contributed by atoms with Crippen LogP contribution >= 0.6 is 0 Å². The van der Waals surface area contributed by atoms with Gasteiger partial charge in [-0.1, -0.05) is 264 Å². The number of hydrogen-bond acceptors (Lipinski definition) is 6. The molecule has 0 radical (unpaired) electrons. The molecule has 0 aromatic rings. The number of carbonyl (C=O) groups is 3. The van der Waals surface area contributed by atoms with Gasteiger partial charge >= 0.3 is 17.9 Å². The van der Waals surface area contributed by atoms with Crippen LogP contribution in [0.3, 0.4) is 0 Å². The largest absolute Gasteiger partial charge is 0.463 e. The average molecular weight is 819 g/mol. The number of ether oxygens (including phenoxy) is 3. The molecule has 342 valence electrons. The molecule has 0 spiro atoms. The second kappa shape index (κ2) is 52.9. The Morgan fingerprint density at radius 1 is 0.345 bits per heavy atom.